The lowest BCUT2D eigenvalue weighted by Crippen LogP contribution is -2.49. The van der Waals surface area contributed by atoms with Gasteiger partial charge in [0.15, 0.2) is 17.2 Å². The third kappa shape index (κ3) is 4.37. The molecule has 0 aliphatic heterocycles. The second kappa shape index (κ2) is 9.70. The highest BCUT2D eigenvalue weighted by Gasteiger charge is 2.53. The first-order valence-electron chi connectivity index (χ1n) is 15.6. The van der Waals surface area contributed by atoms with E-state index >= 15 is 0 Å². The molecule has 4 aliphatic carbocycles. The Bertz CT molecular complexity index is 1910. The van der Waals surface area contributed by atoms with Gasteiger partial charge < -0.3 is 4.42 Å². The lowest BCUT2D eigenvalue weighted by atomic mass is 9.49. The maximum atomic E-state index is 6.14. The van der Waals surface area contributed by atoms with Gasteiger partial charge in [0.2, 0.25) is 5.89 Å². The van der Waals surface area contributed by atoms with Gasteiger partial charge in [-0.05, 0) is 91.7 Å². The fourth-order valence-electron chi connectivity index (χ4n) is 8.46. The molecule has 5 heteroatoms. The minimum absolute atomic E-state index is 0.0982. The molecule has 4 aromatic carbocycles. The van der Waals surface area contributed by atoms with Crippen LogP contribution in [0.15, 0.2) is 108 Å². The number of hydrogen-bond acceptors (Lipinski definition) is 5. The van der Waals surface area contributed by atoms with Crippen LogP contribution < -0.4 is 0 Å². The largest absolute Gasteiger partial charge is 0.436 e. The molecule has 0 saturated heterocycles. The molecule has 6 aromatic rings. The summed E-state index contributed by atoms with van der Waals surface area (Å²) < 4.78 is 6.14. The SMILES string of the molecule is c1ccc(-c2nc(-c3ccc(-c4ccc5nc(-c6ccccc6)oc5c4)cc3)nc(C34CC5CC(CC(C5)C3)C4)n2)cc1. The smallest absolute Gasteiger partial charge is 0.227 e. The van der Waals surface area contributed by atoms with E-state index in [4.69, 9.17) is 24.4 Å². The summed E-state index contributed by atoms with van der Waals surface area (Å²) in [6.45, 7) is 0. The van der Waals surface area contributed by atoms with E-state index in [0.29, 0.717) is 5.89 Å². The first-order valence-corrected chi connectivity index (χ1v) is 15.6. The third-order valence-electron chi connectivity index (χ3n) is 10.1. The standard InChI is InChI=1S/C38H32N4O/c1-3-7-28(8-4-1)34-40-35(42-37(41-34)38-21-24-17-25(22-38)19-26(18-24)23-38)29-13-11-27(12-14-29)31-15-16-32-33(20-31)43-36(39-32)30-9-5-2-6-10-30/h1-16,20,24-26H,17-19,21-23H2. The normalized spacial score (nSPS) is 24.0. The zero-order valence-corrected chi connectivity index (χ0v) is 24.0. The fourth-order valence-corrected chi connectivity index (χ4v) is 8.46. The molecule has 0 amide bonds. The monoisotopic (exact) mass is 560 g/mol. The van der Waals surface area contributed by atoms with Gasteiger partial charge in [0.1, 0.15) is 11.3 Å². The number of oxazole rings is 1. The number of rotatable bonds is 5. The molecule has 0 unspecified atom stereocenters. The van der Waals surface area contributed by atoms with Gasteiger partial charge in [-0.15, -0.1) is 0 Å². The van der Waals surface area contributed by atoms with Crippen LogP contribution in [0.25, 0.3) is 56.5 Å². The van der Waals surface area contributed by atoms with Gasteiger partial charge >= 0.3 is 0 Å². The van der Waals surface area contributed by atoms with Gasteiger partial charge in [0.25, 0.3) is 0 Å². The predicted molar refractivity (Wildman–Crippen MR) is 169 cm³/mol. The van der Waals surface area contributed by atoms with Crippen molar-refractivity contribution in [2.45, 2.75) is 43.9 Å². The molecular formula is C38H32N4O. The molecule has 4 fully saturated rings. The van der Waals surface area contributed by atoms with Gasteiger partial charge in [0.05, 0.1) is 0 Å². The van der Waals surface area contributed by atoms with Crippen LogP contribution in [0.5, 0.6) is 0 Å². The Morgan fingerprint density at radius 3 is 1.67 bits per heavy atom. The van der Waals surface area contributed by atoms with Gasteiger partial charge in [-0.2, -0.15) is 0 Å². The predicted octanol–water partition coefficient (Wildman–Crippen LogP) is 9.15. The lowest BCUT2D eigenvalue weighted by molar-refractivity contribution is -0.00938. The zero-order valence-electron chi connectivity index (χ0n) is 24.0. The van der Waals surface area contributed by atoms with Crippen LogP contribution in [-0.4, -0.2) is 19.9 Å². The number of nitrogens with zero attached hydrogens (tertiary/aromatic N) is 4. The molecular weight excluding hydrogens is 528 g/mol. The van der Waals surface area contributed by atoms with E-state index < -0.39 is 0 Å². The molecule has 2 aromatic heterocycles. The summed E-state index contributed by atoms with van der Waals surface area (Å²) in [5.74, 6) is 5.70. The van der Waals surface area contributed by atoms with Crippen LogP contribution in [0.1, 0.15) is 44.3 Å². The molecule has 0 radical (unpaired) electrons. The van der Waals surface area contributed by atoms with Crippen LogP contribution in [0, 0.1) is 17.8 Å². The van der Waals surface area contributed by atoms with Crippen molar-refractivity contribution in [3.63, 3.8) is 0 Å². The summed E-state index contributed by atoms with van der Waals surface area (Å²) in [4.78, 5) is 20.2. The van der Waals surface area contributed by atoms with Crippen molar-refractivity contribution in [3.05, 3.63) is 109 Å². The summed E-state index contributed by atoms with van der Waals surface area (Å²) in [5, 5.41) is 0. The molecule has 43 heavy (non-hydrogen) atoms. The molecule has 210 valence electrons. The Balaban J connectivity index is 1.08. The maximum Gasteiger partial charge on any atom is 0.227 e. The zero-order chi connectivity index (χ0) is 28.4. The first kappa shape index (κ1) is 24.9. The summed E-state index contributed by atoms with van der Waals surface area (Å²) >= 11 is 0. The Morgan fingerprint density at radius 2 is 1.05 bits per heavy atom. The third-order valence-corrected chi connectivity index (χ3v) is 10.1. The van der Waals surface area contributed by atoms with Crippen LogP contribution in [0.4, 0.5) is 0 Å². The molecule has 4 aliphatic rings. The van der Waals surface area contributed by atoms with Gasteiger partial charge in [-0.1, -0.05) is 78.9 Å². The molecule has 0 atom stereocenters. The number of hydrogen-bond donors (Lipinski definition) is 0. The van der Waals surface area contributed by atoms with Crippen molar-refractivity contribution in [3.8, 4) is 45.4 Å². The highest BCUT2D eigenvalue weighted by atomic mass is 16.3. The molecule has 5 nitrogen and oxygen atoms in total. The van der Waals surface area contributed by atoms with E-state index in [1.165, 1.54) is 38.5 Å². The van der Waals surface area contributed by atoms with Crippen molar-refractivity contribution >= 4 is 11.1 Å². The van der Waals surface area contributed by atoms with E-state index in [-0.39, 0.29) is 5.41 Å². The van der Waals surface area contributed by atoms with E-state index in [0.717, 1.165) is 74.1 Å². The van der Waals surface area contributed by atoms with Crippen molar-refractivity contribution in [1.29, 1.82) is 0 Å². The van der Waals surface area contributed by atoms with Gasteiger partial charge in [-0.25, -0.2) is 19.9 Å². The molecule has 4 saturated carbocycles. The van der Waals surface area contributed by atoms with Crippen molar-refractivity contribution in [2.24, 2.45) is 17.8 Å². The van der Waals surface area contributed by atoms with Crippen LogP contribution in [0.2, 0.25) is 0 Å². The van der Waals surface area contributed by atoms with E-state index in [2.05, 4.69) is 60.7 Å². The average Bonchev–Trinajstić information content (AvgIpc) is 3.49. The summed E-state index contributed by atoms with van der Waals surface area (Å²) in [6, 6.07) is 35.2. The van der Waals surface area contributed by atoms with E-state index in [1.54, 1.807) is 0 Å². The second-order valence-electron chi connectivity index (χ2n) is 13.0. The number of benzene rings is 4. The Kier molecular flexibility index (Phi) is 5.62. The highest BCUT2D eigenvalue weighted by molar-refractivity contribution is 5.82. The molecule has 0 N–H and O–H groups in total. The Morgan fingerprint density at radius 1 is 0.512 bits per heavy atom. The molecule has 4 bridgehead atoms. The van der Waals surface area contributed by atoms with Crippen molar-refractivity contribution in [1.82, 2.24) is 19.9 Å². The highest BCUT2D eigenvalue weighted by Crippen LogP contribution is 2.60. The van der Waals surface area contributed by atoms with Gasteiger partial charge in [0, 0.05) is 22.1 Å². The van der Waals surface area contributed by atoms with Crippen LogP contribution in [-0.2, 0) is 5.41 Å². The van der Waals surface area contributed by atoms with Crippen LogP contribution in [0.3, 0.4) is 0 Å². The van der Waals surface area contributed by atoms with E-state index in [9.17, 15) is 0 Å². The molecule has 0 spiro atoms. The minimum atomic E-state index is 0.0982. The summed E-state index contributed by atoms with van der Waals surface area (Å²) in [6.07, 6.45) is 7.88. The van der Waals surface area contributed by atoms with Crippen molar-refractivity contribution < 1.29 is 4.42 Å². The minimum Gasteiger partial charge on any atom is -0.436 e. The topological polar surface area (TPSA) is 64.7 Å². The fraction of sp³-hybridized carbons (Fsp3) is 0.263. The molecule has 10 rings (SSSR count). The second-order valence-corrected chi connectivity index (χ2v) is 13.0. The maximum absolute atomic E-state index is 6.14. The molecule has 2 heterocycles. The Hall–Kier alpha value is -4.64. The number of fused-ring (bicyclic) bond motifs is 1. The Labute approximate surface area is 251 Å². The van der Waals surface area contributed by atoms with E-state index in [1.807, 2.05) is 42.5 Å². The first-order chi connectivity index (χ1) is 21.2. The lowest BCUT2D eigenvalue weighted by Gasteiger charge is -2.56. The quantitative estimate of drug-likeness (QED) is 0.210. The van der Waals surface area contributed by atoms with Gasteiger partial charge in [-0.3, -0.25) is 0 Å². The average molecular weight is 561 g/mol. The summed E-state index contributed by atoms with van der Waals surface area (Å²) in [5.41, 5.74) is 6.98. The number of aromatic nitrogens is 4. The van der Waals surface area contributed by atoms with Crippen molar-refractivity contribution in [2.75, 3.05) is 0 Å². The van der Waals surface area contributed by atoms with Crippen LogP contribution >= 0.6 is 0 Å². The summed E-state index contributed by atoms with van der Waals surface area (Å²) in [7, 11) is 0.